The van der Waals surface area contributed by atoms with Crippen LogP contribution in [-0.2, 0) is 11.2 Å². The van der Waals surface area contributed by atoms with E-state index in [0.29, 0.717) is 16.5 Å². The van der Waals surface area contributed by atoms with Gasteiger partial charge in [-0.25, -0.2) is 4.98 Å². The molecule has 1 aromatic heterocycles. The topological polar surface area (TPSA) is 59.0 Å². The fourth-order valence-corrected chi connectivity index (χ4v) is 4.37. The van der Waals surface area contributed by atoms with E-state index in [-0.39, 0.29) is 11.9 Å². The minimum Gasteiger partial charge on any atom is -0.329 e. The molecule has 0 saturated heterocycles. The summed E-state index contributed by atoms with van der Waals surface area (Å²) in [6.45, 7) is 4.03. The molecule has 3 aromatic carbocycles. The number of aryl methyl sites for hydroxylation is 1. The van der Waals surface area contributed by atoms with E-state index < -0.39 is 0 Å². The van der Waals surface area contributed by atoms with Gasteiger partial charge in [-0.15, -0.1) is 0 Å². The zero-order valence-electron chi connectivity index (χ0n) is 17.9. The first kappa shape index (κ1) is 20.3. The van der Waals surface area contributed by atoms with Crippen LogP contribution >= 0.6 is 11.6 Å². The molecule has 32 heavy (non-hydrogen) atoms. The lowest BCUT2D eigenvalue weighted by atomic mass is 9.94. The predicted octanol–water partition coefficient (Wildman–Crippen LogP) is 6.18. The van der Waals surface area contributed by atoms with Gasteiger partial charge in [0, 0.05) is 16.4 Å². The number of amides is 1. The Morgan fingerprint density at radius 3 is 2.50 bits per heavy atom. The molecule has 160 valence electrons. The van der Waals surface area contributed by atoms with Crippen LogP contribution in [0.15, 0.2) is 84.1 Å². The van der Waals surface area contributed by atoms with Gasteiger partial charge in [0.1, 0.15) is 0 Å². The van der Waals surface area contributed by atoms with Crippen molar-refractivity contribution in [2.45, 2.75) is 26.3 Å². The van der Waals surface area contributed by atoms with Crippen molar-refractivity contribution < 1.29 is 4.79 Å². The van der Waals surface area contributed by atoms with Gasteiger partial charge >= 0.3 is 0 Å². The molecule has 4 aromatic rings. The number of imidazole rings is 1. The molecule has 2 N–H and O–H groups in total. The molecule has 0 spiro atoms. The third-order valence-electron chi connectivity index (χ3n) is 5.88. The Balaban J connectivity index is 1.62. The summed E-state index contributed by atoms with van der Waals surface area (Å²) in [5, 5.41) is 7.07. The average Bonchev–Trinajstić information content (AvgIpc) is 3.17. The van der Waals surface area contributed by atoms with Crippen LogP contribution < -0.4 is 10.6 Å². The molecule has 0 fully saturated rings. The highest BCUT2D eigenvalue weighted by molar-refractivity contribution is 6.30. The monoisotopic (exact) mass is 442 g/mol. The van der Waals surface area contributed by atoms with Crippen LogP contribution in [0.5, 0.6) is 0 Å². The summed E-state index contributed by atoms with van der Waals surface area (Å²) in [6.07, 6.45) is 0.956. The number of aromatic nitrogens is 2. The van der Waals surface area contributed by atoms with E-state index in [1.807, 2.05) is 79.7 Å². The second kappa shape index (κ2) is 8.17. The molecule has 0 bridgehead atoms. The Hall–Kier alpha value is -3.57. The number of anilines is 2. The van der Waals surface area contributed by atoms with Crippen LogP contribution in [0.2, 0.25) is 5.02 Å². The summed E-state index contributed by atoms with van der Waals surface area (Å²) in [6, 6.07) is 23.2. The van der Waals surface area contributed by atoms with Crippen molar-refractivity contribution in [2.24, 2.45) is 0 Å². The van der Waals surface area contributed by atoms with Gasteiger partial charge in [0.2, 0.25) is 5.95 Å². The Morgan fingerprint density at radius 2 is 1.78 bits per heavy atom. The number of hydrogen-bond donors (Lipinski definition) is 2. The van der Waals surface area contributed by atoms with Crippen LogP contribution in [0.25, 0.3) is 11.0 Å². The lowest BCUT2D eigenvalue weighted by Crippen LogP contribution is -2.30. The molecule has 1 amide bonds. The molecule has 1 aliphatic rings. The van der Waals surface area contributed by atoms with Crippen LogP contribution in [-0.4, -0.2) is 15.5 Å². The van der Waals surface area contributed by atoms with Crippen molar-refractivity contribution in [3.8, 4) is 0 Å². The summed E-state index contributed by atoms with van der Waals surface area (Å²) in [4.78, 5) is 18.3. The van der Waals surface area contributed by atoms with E-state index in [1.165, 1.54) is 5.56 Å². The maximum atomic E-state index is 13.6. The normalized spacial score (nSPS) is 15.4. The average molecular weight is 443 g/mol. The number of hydrogen-bond acceptors (Lipinski definition) is 3. The van der Waals surface area contributed by atoms with Crippen molar-refractivity contribution in [1.29, 1.82) is 0 Å². The lowest BCUT2D eigenvalue weighted by molar-refractivity contribution is -0.113. The zero-order chi connectivity index (χ0) is 22.2. The molecule has 1 atom stereocenters. The number of allylic oxidation sites excluding steroid dienone is 1. The van der Waals surface area contributed by atoms with E-state index in [0.717, 1.165) is 34.4 Å². The Kier molecular flexibility index (Phi) is 5.19. The highest BCUT2D eigenvalue weighted by atomic mass is 35.5. The van der Waals surface area contributed by atoms with E-state index in [4.69, 9.17) is 16.6 Å². The van der Waals surface area contributed by atoms with Crippen LogP contribution in [0.1, 0.15) is 31.0 Å². The maximum absolute atomic E-state index is 13.6. The molecule has 1 aliphatic heterocycles. The predicted molar refractivity (Wildman–Crippen MR) is 130 cm³/mol. The van der Waals surface area contributed by atoms with Gasteiger partial charge in [-0.1, -0.05) is 54.9 Å². The molecule has 6 heteroatoms. The molecule has 2 heterocycles. The number of para-hydroxylation sites is 2. The number of nitrogens with one attached hydrogen (secondary N) is 2. The summed E-state index contributed by atoms with van der Waals surface area (Å²) < 4.78 is 2.08. The second-order valence-corrected chi connectivity index (χ2v) is 8.35. The van der Waals surface area contributed by atoms with Gasteiger partial charge < -0.3 is 10.6 Å². The number of carbonyl (C=O) groups excluding carboxylic acids is 1. The van der Waals surface area contributed by atoms with Gasteiger partial charge in [0.05, 0.1) is 22.6 Å². The van der Waals surface area contributed by atoms with Crippen molar-refractivity contribution in [2.75, 3.05) is 10.6 Å². The minimum absolute atomic E-state index is 0.150. The molecule has 5 rings (SSSR count). The first-order chi connectivity index (χ1) is 15.5. The van der Waals surface area contributed by atoms with Crippen LogP contribution in [0, 0.1) is 0 Å². The lowest BCUT2D eigenvalue weighted by Gasteiger charge is -2.30. The fraction of sp³-hybridized carbons (Fsp3) is 0.154. The number of benzene rings is 3. The van der Waals surface area contributed by atoms with Crippen molar-refractivity contribution in [3.05, 3.63) is 100 Å². The highest BCUT2D eigenvalue weighted by Gasteiger charge is 2.34. The van der Waals surface area contributed by atoms with Gasteiger partial charge in [0.15, 0.2) is 0 Å². The van der Waals surface area contributed by atoms with E-state index in [1.54, 1.807) is 0 Å². The van der Waals surface area contributed by atoms with E-state index in [2.05, 4.69) is 22.1 Å². The molecular weight excluding hydrogens is 420 g/mol. The number of halogens is 1. The summed E-state index contributed by atoms with van der Waals surface area (Å²) in [5.74, 6) is 0.565. The third-order valence-corrected chi connectivity index (χ3v) is 6.13. The van der Waals surface area contributed by atoms with Crippen LogP contribution in [0.4, 0.5) is 11.6 Å². The second-order valence-electron chi connectivity index (χ2n) is 7.92. The zero-order valence-corrected chi connectivity index (χ0v) is 18.6. The third kappa shape index (κ3) is 3.55. The number of nitrogens with zero attached hydrogens (tertiary/aromatic N) is 2. The standard InChI is InChI=1S/C26H23ClN4O/c1-3-17-8-14-20(15-9-17)29-25(32)23-16(2)28-26-30-21-6-4-5-7-22(21)31(26)24(23)18-10-12-19(27)13-11-18/h4-15,24H,3H2,1-2H3,(H,28,30)(H,29,32)/t24-/m1/s1. The van der Waals surface area contributed by atoms with Gasteiger partial charge in [-0.05, 0) is 60.9 Å². The smallest absolute Gasteiger partial charge is 0.255 e. The van der Waals surface area contributed by atoms with Crippen molar-refractivity contribution >= 4 is 40.2 Å². The maximum Gasteiger partial charge on any atom is 0.255 e. The largest absolute Gasteiger partial charge is 0.329 e. The molecule has 5 nitrogen and oxygen atoms in total. The summed E-state index contributed by atoms with van der Waals surface area (Å²) >= 11 is 6.16. The first-order valence-electron chi connectivity index (χ1n) is 10.7. The van der Waals surface area contributed by atoms with Gasteiger partial charge in [-0.2, -0.15) is 0 Å². The highest BCUT2D eigenvalue weighted by Crippen LogP contribution is 2.39. The molecule has 0 aliphatic carbocycles. The van der Waals surface area contributed by atoms with E-state index in [9.17, 15) is 4.79 Å². The number of fused-ring (bicyclic) bond motifs is 3. The van der Waals surface area contributed by atoms with Gasteiger partial charge in [-0.3, -0.25) is 9.36 Å². The van der Waals surface area contributed by atoms with E-state index >= 15 is 0 Å². The first-order valence-corrected chi connectivity index (χ1v) is 11.0. The molecule has 0 unspecified atom stereocenters. The quantitative estimate of drug-likeness (QED) is 0.396. The van der Waals surface area contributed by atoms with Gasteiger partial charge in [0.25, 0.3) is 5.91 Å². The fourth-order valence-electron chi connectivity index (χ4n) is 4.24. The molecule has 0 saturated carbocycles. The Labute approximate surface area is 191 Å². The summed E-state index contributed by atoms with van der Waals surface area (Å²) in [7, 11) is 0. The Bertz CT molecular complexity index is 1340. The number of rotatable bonds is 4. The van der Waals surface area contributed by atoms with Crippen molar-refractivity contribution in [3.63, 3.8) is 0 Å². The van der Waals surface area contributed by atoms with Crippen molar-refractivity contribution in [1.82, 2.24) is 9.55 Å². The minimum atomic E-state index is -0.342. The summed E-state index contributed by atoms with van der Waals surface area (Å²) in [5.41, 5.74) is 6.21. The number of carbonyl (C=O) groups is 1. The SMILES string of the molecule is CCc1ccc(NC(=O)C2=C(C)Nc3nc4ccccc4n3[C@@H]2c2ccc(Cl)cc2)cc1. The Morgan fingerprint density at radius 1 is 1.06 bits per heavy atom. The molecular formula is C26H23ClN4O. The molecule has 0 radical (unpaired) electrons. The van der Waals surface area contributed by atoms with Crippen LogP contribution in [0.3, 0.4) is 0 Å².